The molecule has 3 aromatic rings. The quantitative estimate of drug-likeness (QED) is 0.497. The van der Waals surface area contributed by atoms with E-state index < -0.39 is 5.91 Å². The summed E-state index contributed by atoms with van der Waals surface area (Å²) in [5.41, 5.74) is 7.53. The lowest BCUT2D eigenvalue weighted by Gasteiger charge is -2.36. The predicted octanol–water partition coefficient (Wildman–Crippen LogP) is 2.06. The number of carbonyl (C=O) groups is 2. The molecule has 9 nitrogen and oxygen atoms in total. The van der Waals surface area contributed by atoms with Crippen LogP contribution in [0.5, 0.6) is 5.75 Å². The minimum Gasteiger partial charge on any atom is -0.491 e. The van der Waals surface area contributed by atoms with E-state index in [9.17, 15) is 18.8 Å². The van der Waals surface area contributed by atoms with Gasteiger partial charge in [0.05, 0.1) is 13.3 Å². The number of nitrogens with one attached hydrogen (secondary N) is 1. The van der Waals surface area contributed by atoms with Crippen LogP contribution in [0.15, 0.2) is 65.6 Å². The van der Waals surface area contributed by atoms with E-state index in [2.05, 4.69) is 15.1 Å². The maximum atomic E-state index is 13.2. The van der Waals surface area contributed by atoms with Crippen molar-refractivity contribution in [1.29, 1.82) is 0 Å². The monoisotopic (exact) mass is 493 g/mol. The Kier molecular flexibility index (Phi) is 7.65. The highest BCUT2D eigenvalue weighted by Crippen LogP contribution is 2.18. The van der Waals surface area contributed by atoms with Crippen LogP contribution < -0.4 is 26.1 Å². The van der Waals surface area contributed by atoms with Gasteiger partial charge in [-0.15, -0.1) is 0 Å². The van der Waals surface area contributed by atoms with Gasteiger partial charge in [-0.1, -0.05) is 0 Å². The summed E-state index contributed by atoms with van der Waals surface area (Å²) in [5, 5.41) is 2.79. The molecule has 4 rings (SSSR count). The Morgan fingerprint density at radius 2 is 1.69 bits per heavy atom. The number of hydrogen-bond donors (Lipinski definition) is 2. The Bertz CT molecular complexity index is 1280. The molecule has 0 bridgehead atoms. The first-order chi connectivity index (χ1) is 17.3. The predicted molar refractivity (Wildman–Crippen MR) is 135 cm³/mol. The third kappa shape index (κ3) is 6.08. The molecular weight excluding hydrogens is 465 g/mol. The van der Waals surface area contributed by atoms with Crippen LogP contribution in [-0.2, 0) is 17.9 Å². The highest BCUT2D eigenvalue weighted by molar-refractivity contribution is 5.94. The van der Waals surface area contributed by atoms with Crippen molar-refractivity contribution in [2.24, 2.45) is 5.73 Å². The molecule has 1 fully saturated rings. The molecule has 0 spiro atoms. The highest BCUT2D eigenvalue weighted by Gasteiger charge is 2.20. The fraction of sp³-hybridized carbons (Fsp3) is 0.269. The van der Waals surface area contributed by atoms with E-state index in [0.717, 1.165) is 31.9 Å². The van der Waals surface area contributed by atoms with E-state index in [1.54, 1.807) is 35.0 Å². The van der Waals surface area contributed by atoms with Gasteiger partial charge in [0.25, 0.3) is 0 Å². The second-order valence-electron chi connectivity index (χ2n) is 8.55. The van der Waals surface area contributed by atoms with Gasteiger partial charge in [-0.05, 0) is 48.5 Å². The van der Waals surface area contributed by atoms with Crippen molar-refractivity contribution in [3.8, 4) is 5.75 Å². The molecule has 0 radical (unpaired) electrons. The van der Waals surface area contributed by atoms with Crippen LogP contribution >= 0.6 is 0 Å². The number of amides is 2. The largest absolute Gasteiger partial charge is 0.491 e. The molecule has 36 heavy (non-hydrogen) atoms. The number of hydrogen-bond acceptors (Lipinski definition) is 6. The van der Waals surface area contributed by atoms with Gasteiger partial charge in [0.1, 0.15) is 12.4 Å². The van der Waals surface area contributed by atoms with Crippen LogP contribution in [0.1, 0.15) is 16.1 Å². The molecule has 2 aromatic carbocycles. The molecule has 1 aliphatic rings. The standard InChI is InChI=1S/C26H28FN5O4/c1-36-24-16-32(17-25(34)29-20-6-2-18(3-7-20)26(28)35)22(14-23(24)33)15-30-10-12-31(13-11-30)21-8-4-19(27)5-9-21/h2-9,14,16H,10-13,15,17H2,1H3,(H2,28,35)(H,29,34). The van der Waals surface area contributed by atoms with Gasteiger partial charge >= 0.3 is 0 Å². The van der Waals surface area contributed by atoms with E-state index in [1.165, 1.54) is 37.4 Å². The van der Waals surface area contributed by atoms with Crippen molar-refractivity contribution < 1.29 is 18.7 Å². The molecule has 0 unspecified atom stereocenters. The summed E-state index contributed by atoms with van der Waals surface area (Å²) >= 11 is 0. The highest BCUT2D eigenvalue weighted by atomic mass is 19.1. The van der Waals surface area contributed by atoms with Crippen LogP contribution in [-0.4, -0.2) is 54.6 Å². The van der Waals surface area contributed by atoms with Gasteiger partial charge in [0.2, 0.25) is 17.2 Å². The van der Waals surface area contributed by atoms with Crippen LogP contribution in [0.2, 0.25) is 0 Å². The number of benzene rings is 2. The number of carbonyl (C=O) groups excluding carboxylic acids is 2. The molecule has 0 aliphatic carbocycles. The van der Waals surface area contributed by atoms with Crippen molar-refractivity contribution in [1.82, 2.24) is 9.47 Å². The molecule has 0 saturated carbocycles. The summed E-state index contributed by atoms with van der Waals surface area (Å²) in [5.74, 6) is -0.952. The lowest BCUT2D eigenvalue weighted by Crippen LogP contribution is -2.46. The van der Waals surface area contributed by atoms with E-state index in [4.69, 9.17) is 10.5 Å². The molecule has 1 aromatic heterocycles. The first-order valence-corrected chi connectivity index (χ1v) is 11.5. The van der Waals surface area contributed by atoms with Crippen molar-refractivity contribution in [2.75, 3.05) is 43.5 Å². The zero-order valence-corrected chi connectivity index (χ0v) is 19.9. The first kappa shape index (κ1) is 24.9. The number of nitrogens with two attached hydrogens (primary N) is 1. The molecular formula is C26H28FN5O4. The average Bonchev–Trinajstić information content (AvgIpc) is 2.87. The van der Waals surface area contributed by atoms with Crippen molar-refractivity contribution >= 4 is 23.2 Å². The number of piperazine rings is 1. The number of pyridine rings is 1. The smallest absolute Gasteiger partial charge is 0.248 e. The molecule has 0 atom stereocenters. The Balaban J connectivity index is 1.43. The number of rotatable bonds is 8. The fourth-order valence-electron chi connectivity index (χ4n) is 4.15. The average molecular weight is 494 g/mol. The van der Waals surface area contributed by atoms with Gasteiger partial charge in [-0.3, -0.25) is 19.3 Å². The number of halogens is 1. The molecule has 2 amide bonds. The number of nitrogens with zero attached hydrogens (tertiary/aromatic N) is 3. The van der Waals surface area contributed by atoms with E-state index >= 15 is 0 Å². The van der Waals surface area contributed by atoms with Crippen LogP contribution in [0, 0.1) is 5.82 Å². The lowest BCUT2D eigenvalue weighted by molar-refractivity contribution is -0.116. The second kappa shape index (κ2) is 11.0. The van der Waals surface area contributed by atoms with Gasteiger partial charge in [0.15, 0.2) is 5.75 Å². The summed E-state index contributed by atoms with van der Waals surface area (Å²) in [7, 11) is 1.41. The van der Waals surface area contributed by atoms with Gasteiger partial charge in [-0.25, -0.2) is 4.39 Å². The topological polar surface area (TPSA) is 110 Å². The minimum absolute atomic E-state index is 0.0287. The minimum atomic E-state index is -0.545. The van der Waals surface area contributed by atoms with Gasteiger partial charge in [0, 0.05) is 61.4 Å². The third-order valence-electron chi connectivity index (χ3n) is 6.12. The Labute approximate surface area is 207 Å². The number of methoxy groups -OCH3 is 1. The van der Waals surface area contributed by atoms with Crippen LogP contribution in [0.4, 0.5) is 15.8 Å². The number of ether oxygens (including phenoxy) is 1. The molecule has 1 saturated heterocycles. The Morgan fingerprint density at radius 1 is 1.03 bits per heavy atom. The number of primary amides is 1. The lowest BCUT2D eigenvalue weighted by atomic mass is 10.2. The van der Waals surface area contributed by atoms with E-state index in [1.807, 2.05) is 0 Å². The molecule has 188 valence electrons. The SMILES string of the molecule is COc1cn(CC(=O)Nc2ccc(C(N)=O)cc2)c(CN2CCN(c3ccc(F)cc3)CC2)cc1=O. The first-order valence-electron chi connectivity index (χ1n) is 11.5. The molecule has 1 aliphatic heterocycles. The Morgan fingerprint density at radius 3 is 2.31 bits per heavy atom. The van der Waals surface area contributed by atoms with E-state index in [-0.39, 0.29) is 29.4 Å². The van der Waals surface area contributed by atoms with Crippen molar-refractivity contribution in [3.63, 3.8) is 0 Å². The second-order valence-corrected chi connectivity index (χ2v) is 8.55. The molecule has 2 heterocycles. The number of anilines is 2. The summed E-state index contributed by atoms with van der Waals surface area (Å²) < 4.78 is 20.1. The summed E-state index contributed by atoms with van der Waals surface area (Å²) in [6, 6.07) is 14.2. The summed E-state index contributed by atoms with van der Waals surface area (Å²) in [6.07, 6.45) is 1.54. The maximum Gasteiger partial charge on any atom is 0.248 e. The fourth-order valence-corrected chi connectivity index (χ4v) is 4.15. The number of aromatic nitrogens is 1. The van der Waals surface area contributed by atoms with Crippen LogP contribution in [0.25, 0.3) is 0 Å². The van der Waals surface area contributed by atoms with Crippen molar-refractivity contribution in [2.45, 2.75) is 13.1 Å². The molecule has 10 heteroatoms. The third-order valence-corrected chi connectivity index (χ3v) is 6.12. The normalized spacial score (nSPS) is 13.9. The van der Waals surface area contributed by atoms with Gasteiger partial charge < -0.3 is 25.3 Å². The molecule has 3 N–H and O–H groups in total. The van der Waals surface area contributed by atoms with Crippen LogP contribution in [0.3, 0.4) is 0 Å². The maximum absolute atomic E-state index is 13.2. The summed E-state index contributed by atoms with van der Waals surface area (Å²) in [4.78, 5) is 40.9. The van der Waals surface area contributed by atoms with Crippen molar-refractivity contribution in [3.05, 3.63) is 88.1 Å². The zero-order valence-electron chi connectivity index (χ0n) is 19.9. The Hall–Kier alpha value is -4.18. The van der Waals surface area contributed by atoms with Gasteiger partial charge in [-0.2, -0.15) is 0 Å². The van der Waals surface area contributed by atoms with E-state index in [0.29, 0.717) is 23.5 Å². The summed E-state index contributed by atoms with van der Waals surface area (Å²) in [6.45, 7) is 3.46. The zero-order chi connectivity index (χ0) is 25.7.